The van der Waals surface area contributed by atoms with Gasteiger partial charge in [-0.25, -0.2) is 0 Å². The zero-order valence-electron chi connectivity index (χ0n) is 19.2. The summed E-state index contributed by atoms with van der Waals surface area (Å²) < 4.78 is 5.91. The van der Waals surface area contributed by atoms with Crippen molar-refractivity contribution in [1.82, 2.24) is 16.0 Å². The summed E-state index contributed by atoms with van der Waals surface area (Å²) in [5.41, 5.74) is 2.89. The van der Waals surface area contributed by atoms with E-state index in [0.717, 1.165) is 30.9 Å². The first-order chi connectivity index (χ1) is 15.0. The Morgan fingerprint density at radius 1 is 1.06 bits per heavy atom. The number of nitrogens with zero attached hydrogens (tertiary/aromatic N) is 1. The number of aliphatic imine (C=N–C) groups is 1. The second kappa shape index (κ2) is 13.4. The van der Waals surface area contributed by atoms with Crippen molar-refractivity contribution < 1.29 is 9.53 Å². The number of ether oxygens (including phenoxy) is 1. The molecule has 6 nitrogen and oxygen atoms in total. The number of carbonyl (C=O) groups is 1. The lowest BCUT2D eigenvalue weighted by atomic mass is 10.1. The van der Waals surface area contributed by atoms with Gasteiger partial charge >= 0.3 is 0 Å². The van der Waals surface area contributed by atoms with Crippen LogP contribution in [0, 0.1) is 0 Å². The molecule has 0 aliphatic heterocycles. The van der Waals surface area contributed by atoms with E-state index in [9.17, 15) is 4.79 Å². The number of hydrogen-bond donors (Lipinski definition) is 3. The molecule has 3 N–H and O–H groups in total. The Hall–Kier alpha value is -2.86. The molecule has 2 atom stereocenters. The van der Waals surface area contributed by atoms with Crippen LogP contribution in [0.3, 0.4) is 0 Å². The van der Waals surface area contributed by atoms with Crippen LogP contribution in [0.4, 0.5) is 0 Å². The highest BCUT2D eigenvalue weighted by Gasteiger charge is 2.09. The lowest BCUT2D eigenvalue weighted by Crippen LogP contribution is -2.37. The minimum absolute atomic E-state index is 0.0385. The standard InChI is InChI=1S/C25H36N4O2/c1-5-19(2)29-24(30)23-14-9-11-21(17-23)18-28-25(26-4)27-15-10-16-31-20(3)22-12-7-6-8-13-22/h6-9,11-14,17,19-20H,5,10,15-16,18H2,1-4H3,(H,29,30)(H2,26,27,28). The SMILES string of the molecule is CCC(C)NC(=O)c1cccc(CNC(=NC)NCCCOC(C)c2ccccc2)c1. The molecule has 2 aromatic carbocycles. The molecule has 0 radical (unpaired) electrons. The zero-order chi connectivity index (χ0) is 22.5. The number of hydrogen-bond acceptors (Lipinski definition) is 3. The van der Waals surface area contributed by atoms with Crippen molar-refractivity contribution in [2.24, 2.45) is 4.99 Å². The predicted octanol–water partition coefficient (Wildman–Crippen LogP) is 4.05. The van der Waals surface area contributed by atoms with Crippen LogP contribution in [0.2, 0.25) is 0 Å². The summed E-state index contributed by atoms with van der Waals surface area (Å²) in [7, 11) is 1.75. The third kappa shape index (κ3) is 8.80. The summed E-state index contributed by atoms with van der Waals surface area (Å²) in [5.74, 6) is 0.689. The maximum atomic E-state index is 12.3. The van der Waals surface area contributed by atoms with E-state index >= 15 is 0 Å². The lowest BCUT2D eigenvalue weighted by Gasteiger charge is -2.15. The van der Waals surface area contributed by atoms with Crippen LogP contribution in [0.15, 0.2) is 59.6 Å². The van der Waals surface area contributed by atoms with Gasteiger partial charge in [-0.3, -0.25) is 9.79 Å². The third-order valence-corrected chi connectivity index (χ3v) is 5.11. The molecule has 31 heavy (non-hydrogen) atoms. The van der Waals surface area contributed by atoms with Gasteiger partial charge in [0.15, 0.2) is 5.96 Å². The Morgan fingerprint density at radius 3 is 2.55 bits per heavy atom. The van der Waals surface area contributed by atoms with Crippen molar-refractivity contribution in [3.63, 3.8) is 0 Å². The topological polar surface area (TPSA) is 74.8 Å². The van der Waals surface area contributed by atoms with Crippen molar-refractivity contribution in [1.29, 1.82) is 0 Å². The van der Waals surface area contributed by atoms with Gasteiger partial charge in [0.05, 0.1) is 6.10 Å². The summed E-state index contributed by atoms with van der Waals surface area (Å²) in [6.07, 6.45) is 1.87. The first-order valence-corrected chi connectivity index (χ1v) is 11.0. The van der Waals surface area contributed by atoms with E-state index < -0.39 is 0 Å². The third-order valence-electron chi connectivity index (χ3n) is 5.11. The van der Waals surface area contributed by atoms with E-state index in [1.807, 2.05) is 49.4 Å². The van der Waals surface area contributed by atoms with Crippen LogP contribution in [0.25, 0.3) is 0 Å². The number of carbonyl (C=O) groups excluding carboxylic acids is 1. The molecule has 0 fully saturated rings. The van der Waals surface area contributed by atoms with Crippen LogP contribution >= 0.6 is 0 Å². The Balaban J connectivity index is 1.71. The smallest absolute Gasteiger partial charge is 0.251 e. The quantitative estimate of drug-likeness (QED) is 0.289. The van der Waals surface area contributed by atoms with E-state index in [2.05, 4.69) is 46.9 Å². The molecule has 0 saturated heterocycles. The van der Waals surface area contributed by atoms with Gasteiger partial charge in [0, 0.05) is 38.3 Å². The summed E-state index contributed by atoms with van der Waals surface area (Å²) in [6, 6.07) is 18.0. The lowest BCUT2D eigenvalue weighted by molar-refractivity contribution is 0.0646. The van der Waals surface area contributed by atoms with Crippen LogP contribution in [-0.2, 0) is 11.3 Å². The van der Waals surface area contributed by atoms with E-state index in [0.29, 0.717) is 18.7 Å². The van der Waals surface area contributed by atoms with Gasteiger partial charge in [-0.2, -0.15) is 0 Å². The maximum Gasteiger partial charge on any atom is 0.251 e. The van der Waals surface area contributed by atoms with Crippen LogP contribution in [0.1, 0.15) is 61.2 Å². The summed E-state index contributed by atoms with van der Waals surface area (Å²) in [6.45, 7) is 8.16. The first-order valence-electron chi connectivity index (χ1n) is 11.0. The highest BCUT2D eigenvalue weighted by Crippen LogP contribution is 2.15. The van der Waals surface area contributed by atoms with Crippen LogP contribution < -0.4 is 16.0 Å². The minimum Gasteiger partial charge on any atom is -0.374 e. The average Bonchev–Trinajstić information content (AvgIpc) is 2.81. The predicted molar refractivity (Wildman–Crippen MR) is 127 cm³/mol. The average molecular weight is 425 g/mol. The molecule has 0 aromatic heterocycles. The Bertz CT molecular complexity index is 823. The molecular weight excluding hydrogens is 388 g/mol. The summed E-state index contributed by atoms with van der Waals surface area (Å²) >= 11 is 0. The van der Waals surface area contributed by atoms with Crippen molar-refractivity contribution in [3.05, 3.63) is 71.3 Å². The number of benzene rings is 2. The highest BCUT2D eigenvalue weighted by atomic mass is 16.5. The molecule has 0 aliphatic rings. The molecule has 168 valence electrons. The van der Waals surface area contributed by atoms with Crippen LogP contribution in [0.5, 0.6) is 0 Å². The fraction of sp³-hybridized carbons (Fsp3) is 0.440. The molecule has 2 rings (SSSR count). The normalized spacial score (nSPS) is 13.4. The van der Waals surface area contributed by atoms with Crippen LogP contribution in [-0.4, -0.2) is 38.1 Å². The Morgan fingerprint density at radius 2 is 1.84 bits per heavy atom. The minimum atomic E-state index is -0.0385. The van der Waals surface area contributed by atoms with E-state index in [1.165, 1.54) is 5.56 Å². The molecule has 0 bridgehead atoms. The number of amides is 1. The van der Waals surface area contributed by atoms with Gasteiger partial charge in [0.25, 0.3) is 5.91 Å². The van der Waals surface area contributed by atoms with Gasteiger partial charge in [-0.15, -0.1) is 0 Å². The molecule has 0 heterocycles. The van der Waals surface area contributed by atoms with Gasteiger partial charge in [-0.1, -0.05) is 49.4 Å². The molecule has 6 heteroatoms. The molecule has 2 aromatic rings. The number of nitrogens with one attached hydrogen (secondary N) is 3. The summed E-state index contributed by atoms with van der Waals surface area (Å²) in [4.78, 5) is 16.6. The van der Waals surface area contributed by atoms with Crippen molar-refractivity contribution >= 4 is 11.9 Å². The molecule has 0 spiro atoms. The van der Waals surface area contributed by atoms with Crippen molar-refractivity contribution in [3.8, 4) is 0 Å². The van der Waals surface area contributed by atoms with E-state index in [1.54, 1.807) is 7.05 Å². The van der Waals surface area contributed by atoms with Gasteiger partial charge in [0.1, 0.15) is 0 Å². The molecule has 0 aliphatic carbocycles. The second-order valence-corrected chi connectivity index (χ2v) is 7.61. The van der Waals surface area contributed by atoms with Gasteiger partial charge in [0.2, 0.25) is 0 Å². The van der Waals surface area contributed by atoms with E-state index in [-0.39, 0.29) is 18.1 Å². The largest absolute Gasteiger partial charge is 0.374 e. The fourth-order valence-electron chi connectivity index (χ4n) is 3.00. The first kappa shape index (κ1) is 24.4. The van der Waals surface area contributed by atoms with Gasteiger partial charge < -0.3 is 20.7 Å². The molecule has 1 amide bonds. The molecular formula is C25H36N4O2. The fourth-order valence-corrected chi connectivity index (χ4v) is 3.00. The van der Waals surface area contributed by atoms with Crippen molar-refractivity contribution in [2.45, 2.75) is 52.3 Å². The van der Waals surface area contributed by atoms with Crippen molar-refractivity contribution in [2.75, 3.05) is 20.2 Å². The second-order valence-electron chi connectivity index (χ2n) is 7.61. The zero-order valence-corrected chi connectivity index (χ0v) is 19.2. The number of rotatable bonds is 11. The summed E-state index contributed by atoms with van der Waals surface area (Å²) in [5, 5.41) is 9.60. The Labute approximate surface area is 186 Å². The molecule has 0 saturated carbocycles. The number of guanidine groups is 1. The Kier molecular flexibility index (Phi) is 10.6. The monoisotopic (exact) mass is 424 g/mol. The highest BCUT2D eigenvalue weighted by molar-refractivity contribution is 5.94. The molecule has 2 unspecified atom stereocenters. The maximum absolute atomic E-state index is 12.3. The van der Waals surface area contributed by atoms with E-state index in [4.69, 9.17) is 4.74 Å². The van der Waals surface area contributed by atoms with Gasteiger partial charge in [-0.05, 0) is 49.9 Å².